The largest absolute Gasteiger partial charge is 0.324 e. The van der Waals surface area contributed by atoms with Gasteiger partial charge in [-0.1, -0.05) is 6.07 Å². The van der Waals surface area contributed by atoms with Crippen LogP contribution in [-0.4, -0.2) is 0 Å². The molecule has 1 rings (SSSR count). The van der Waals surface area contributed by atoms with Crippen molar-refractivity contribution < 1.29 is 13.2 Å². The second kappa shape index (κ2) is 5.57. The molecular weight excluding hydrogens is 215 g/mol. The first kappa shape index (κ1) is 12.6. The van der Waals surface area contributed by atoms with Gasteiger partial charge in [-0.2, -0.15) is 0 Å². The summed E-state index contributed by atoms with van der Waals surface area (Å²) in [7, 11) is 0. The number of hydrogen-bond donors (Lipinski definition) is 1. The van der Waals surface area contributed by atoms with E-state index in [9.17, 15) is 13.2 Å². The van der Waals surface area contributed by atoms with Gasteiger partial charge in [0, 0.05) is 18.0 Å². The van der Waals surface area contributed by atoms with Crippen LogP contribution in [0.25, 0.3) is 0 Å². The molecule has 86 valence electrons. The van der Waals surface area contributed by atoms with Crippen LogP contribution in [0.4, 0.5) is 13.2 Å². The highest BCUT2D eigenvalue weighted by atomic mass is 19.2. The lowest BCUT2D eigenvalue weighted by Crippen LogP contribution is -2.13. The lowest BCUT2D eigenvalue weighted by Gasteiger charge is -2.11. The number of hydrogen-bond acceptors (Lipinski definition) is 1. The standard InChI is InChI=1S/C12H12F3N/c1-2-3-4-5-10(16)8-6-7-9(13)12(15)11(8)14/h6-7,10H,4-5,16H2,1H3. The Labute approximate surface area is 92.5 Å². The molecule has 0 fully saturated rings. The van der Waals surface area contributed by atoms with Crippen molar-refractivity contribution in [2.24, 2.45) is 5.73 Å². The normalized spacial score (nSPS) is 11.8. The van der Waals surface area contributed by atoms with Crippen molar-refractivity contribution in [2.75, 3.05) is 0 Å². The predicted molar refractivity (Wildman–Crippen MR) is 55.9 cm³/mol. The third kappa shape index (κ3) is 2.77. The summed E-state index contributed by atoms with van der Waals surface area (Å²) in [6.45, 7) is 1.68. The third-order valence-corrected chi connectivity index (χ3v) is 2.22. The quantitative estimate of drug-likeness (QED) is 0.623. The van der Waals surface area contributed by atoms with Gasteiger partial charge in [-0.05, 0) is 19.4 Å². The first-order chi connectivity index (χ1) is 7.57. The molecule has 0 saturated carbocycles. The zero-order valence-electron chi connectivity index (χ0n) is 8.86. The molecule has 2 N–H and O–H groups in total. The van der Waals surface area contributed by atoms with Gasteiger partial charge >= 0.3 is 0 Å². The van der Waals surface area contributed by atoms with E-state index in [-0.39, 0.29) is 5.56 Å². The molecule has 0 saturated heterocycles. The van der Waals surface area contributed by atoms with Gasteiger partial charge in [0.1, 0.15) is 0 Å². The minimum Gasteiger partial charge on any atom is -0.324 e. The van der Waals surface area contributed by atoms with Crippen molar-refractivity contribution in [3.8, 4) is 11.8 Å². The Hall–Kier alpha value is -1.47. The van der Waals surface area contributed by atoms with Crippen molar-refractivity contribution in [1.29, 1.82) is 0 Å². The highest BCUT2D eigenvalue weighted by Gasteiger charge is 2.17. The van der Waals surface area contributed by atoms with E-state index in [0.29, 0.717) is 12.8 Å². The molecule has 0 aliphatic carbocycles. The summed E-state index contributed by atoms with van der Waals surface area (Å²) in [5.41, 5.74) is 5.64. The fraction of sp³-hybridized carbons (Fsp3) is 0.333. The Balaban J connectivity index is 2.86. The smallest absolute Gasteiger partial charge is 0.194 e. The topological polar surface area (TPSA) is 26.0 Å². The van der Waals surface area contributed by atoms with Crippen LogP contribution in [0.3, 0.4) is 0 Å². The van der Waals surface area contributed by atoms with Crippen LogP contribution in [-0.2, 0) is 0 Å². The molecule has 1 unspecified atom stereocenters. The third-order valence-electron chi connectivity index (χ3n) is 2.22. The fourth-order valence-corrected chi connectivity index (χ4v) is 1.34. The van der Waals surface area contributed by atoms with Crippen molar-refractivity contribution in [1.82, 2.24) is 0 Å². The molecule has 1 aromatic carbocycles. The van der Waals surface area contributed by atoms with Crippen LogP contribution in [0.2, 0.25) is 0 Å². The SMILES string of the molecule is CC#CCCC(N)c1ccc(F)c(F)c1F. The molecule has 4 heteroatoms. The van der Waals surface area contributed by atoms with Crippen LogP contribution in [0.1, 0.15) is 31.4 Å². The summed E-state index contributed by atoms with van der Waals surface area (Å²) < 4.78 is 38.8. The summed E-state index contributed by atoms with van der Waals surface area (Å²) in [5.74, 6) is 1.56. The lowest BCUT2D eigenvalue weighted by atomic mass is 10.0. The molecule has 0 heterocycles. The zero-order chi connectivity index (χ0) is 12.1. The lowest BCUT2D eigenvalue weighted by molar-refractivity contribution is 0.433. The molecule has 0 aliphatic heterocycles. The number of halogens is 3. The van der Waals surface area contributed by atoms with Crippen molar-refractivity contribution >= 4 is 0 Å². The highest BCUT2D eigenvalue weighted by Crippen LogP contribution is 2.22. The molecule has 1 aromatic rings. The van der Waals surface area contributed by atoms with E-state index in [1.54, 1.807) is 6.92 Å². The maximum Gasteiger partial charge on any atom is 0.194 e. The van der Waals surface area contributed by atoms with Crippen LogP contribution in [0.15, 0.2) is 12.1 Å². The average Bonchev–Trinajstić information content (AvgIpc) is 2.26. The minimum atomic E-state index is -1.48. The predicted octanol–water partition coefficient (Wildman–Crippen LogP) is 2.91. The second-order valence-corrected chi connectivity index (χ2v) is 3.34. The maximum atomic E-state index is 13.3. The molecule has 0 amide bonds. The van der Waals surface area contributed by atoms with E-state index < -0.39 is 23.5 Å². The van der Waals surface area contributed by atoms with Gasteiger partial charge in [0.15, 0.2) is 17.5 Å². The zero-order valence-corrected chi connectivity index (χ0v) is 8.86. The molecule has 1 atom stereocenters. The first-order valence-corrected chi connectivity index (χ1v) is 4.86. The van der Waals surface area contributed by atoms with Crippen LogP contribution in [0, 0.1) is 29.3 Å². The van der Waals surface area contributed by atoms with Crippen molar-refractivity contribution in [2.45, 2.75) is 25.8 Å². The Kier molecular flexibility index (Phi) is 4.39. The second-order valence-electron chi connectivity index (χ2n) is 3.34. The van der Waals surface area contributed by atoms with E-state index in [1.807, 2.05) is 0 Å². The Bertz CT molecular complexity index is 432. The van der Waals surface area contributed by atoms with Gasteiger partial charge in [0.25, 0.3) is 0 Å². The summed E-state index contributed by atoms with van der Waals surface area (Å²) in [6, 6.07) is 1.37. The van der Waals surface area contributed by atoms with E-state index in [2.05, 4.69) is 11.8 Å². The Morgan fingerprint density at radius 3 is 2.56 bits per heavy atom. The highest BCUT2D eigenvalue weighted by molar-refractivity contribution is 5.23. The monoisotopic (exact) mass is 227 g/mol. The maximum absolute atomic E-state index is 13.3. The van der Waals surface area contributed by atoms with Gasteiger partial charge in [0.05, 0.1) is 0 Å². The van der Waals surface area contributed by atoms with Crippen molar-refractivity contribution in [3.05, 3.63) is 35.1 Å². The fourth-order valence-electron chi connectivity index (χ4n) is 1.34. The Morgan fingerprint density at radius 1 is 1.25 bits per heavy atom. The molecule has 1 nitrogen and oxygen atoms in total. The van der Waals surface area contributed by atoms with Crippen molar-refractivity contribution in [3.63, 3.8) is 0 Å². The van der Waals surface area contributed by atoms with E-state index in [0.717, 1.165) is 12.1 Å². The molecule has 0 radical (unpaired) electrons. The number of rotatable bonds is 3. The van der Waals surface area contributed by atoms with Crippen LogP contribution in [0.5, 0.6) is 0 Å². The van der Waals surface area contributed by atoms with Crippen LogP contribution < -0.4 is 5.73 Å². The summed E-state index contributed by atoms with van der Waals surface area (Å²) in [6.07, 6.45) is 0.902. The molecule has 0 aliphatic rings. The van der Waals surface area contributed by atoms with Crippen LogP contribution >= 0.6 is 0 Å². The average molecular weight is 227 g/mol. The molecule has 0 aromatic heterocycles. The summed E-state index contributed by atoms with van der Waals surface area (Å²) in [4.78, 5) is 0. The first-order valence-electron chi connectivity index (χ1n) is 4.86. The Morgan fingerprint density at radius 2 is 1.94 bits per heavy atom. The molecule has 0 bridgehead atoms. The van der Waals surface area contributed by atoms with Gasteiger partial charge in [-0.25, -0.2) is 13.2 Å². The van der Waals surface area contributed by atoms with Gasteiger partial charge < -0.3 is 5.73 Å². The number of nitrogens with two attached hydrogens (primary N) is 1. The van der Waals surface area contributed by atoms with Gasteiger partial charge in [0.2, 0.25) is 0 Å². The molecule has 16 heavy (non-hydrogen) atoms. The molecule has 0 spiro atoms. The minimum absolute atomic E-state index is 0.0168. The number of benzene rings is 1. The van der Waals surface area contributed by atoms with E-state index >= 15 is 0 Å². The van der Waals surface area contributed by atoms with Gasteiger partial charge in [-0.3, -0.25) is 0 Å². The summed E-state index contributed by atoms with van der Waals surface area (Å²) in [5, 5.41) is 0. The molecular formula is C12H12F3N. The van der Waals surface area contributed by atoms with E-state index in [1.165, 1.54) is 0 Å². The van der Waals surface area contributed by atoms with Gasteiger partial charge in [-0.15, -0.1) is 11.8 Å². The summed E-state index contributed by atoms with van der Waals surface area (Å²) >= 11 is 0. The van der Waals surface area contributed by atoms with E-state index in [4.69, 9.17) is 5.73 Å².